The van der Waals surface area contributed by atoms with Crippen molar-refractivity contribution in [1.82, 2.24) is 9.29 Å². The predicted molar refractivity (Wildman–Crippen MR) is 117 cm³/mol. The fourth-order valence-electron chi connectivity index (χ4n) is 3.90. The highest BCUT2D eigenvalue weighted by Gasteiger charge is 2.30. The molecule has 31 heavy (non-hydrogen) atoms. The number of nitrogens with zero attached hydrogens (tertiary/aromatic N) is 1. The van der Waals surface area contributed by atoms with Crippen LogP contribution in [0.4, 0.5) is 4.39 Å². The minimum Gasteiger partial charge on any atom is -0.377 e. The molecular weight excluding hydrogens is 419 g/mol. The van der Waals surface area contributed by atoms with Crippen LogP contribution in [-0.4, -0.2) is 37.0 Å². The summed E-state index contributed by atoms with van der Waals surface area (Å²) < 4.78 is 46.9. The van der Waals surface area contributed by atoms with Gasteiger partial charge in [0.05, 0.1) is 16.5 Å². The Hall–Kier alpha value is -2.55. The summed E-state index contributed by atoms with van der Waals surface area (Å²) in [5, 5.41) is 0.842. The molecule has 4 rings (SSSR count). The zero-order valence-electron chi connectivity index (χ0n) is 17.5. The molecule has 1 atom stereocenters. The van der Waals surface area contributed by atoms with Crippen LogP contribution in [0.5, 0.6) is 0 Å². The van der Waals surface area contributed by atoms with Gasteiger partial charge in [0.15, 0.2) is 0 Å². The molecule has 3 aromatic rings. The topological polar surface area (TPSA) is 79.5 Å². The molecule has 164 valence electrons. The number of hydrogen-bond acceptors (Lipinski definition) is 4. The van der Waals surface area contributed by atoms with Crippen molar-refractivity contribution < 1.29 is 17.5 Å². The Kier molecular flexibility index (Phi) is 5.96. The van der Waals surface area contributed by atoms with E-state index in [1.165, 1.54) is 16.4 Å². The molecule has 0 amide bonds. The van der Waals surface area contributed by atoms with Gasteiger partial charge in [-0.25, -0.2) is 12.8 Å². The number of aryl methyl sites for hydroxylation is 2. The third-order valence-corrected chi connectivity index (χ3v) is 7.68. The van der Waals surface area contributed by atoms with E-state index in [0.29, 0.717) is 12.2 Å². The first kappa shape index (κ1) is 21.7. The minimum absolute atomic E-state index is 0.0180. The molecule has 1 aliphatic heterocycles. The number of sulfonamides is 1. The smallest absolute Gasteiger partial charge is 0.252 e. The van der Waals surface area contributed by atoms with Crippen molar-refractivity contribution in [3.05, 3.63) is 75.3 Å². The molecule has 2 heterocycles. The molecular formula is C23H25FN2O4S. The van der Waals surface area contributed by atoms with Gasteiger partial charge in [0, 0.05) is 25.3 Å². The Bertz CT molecular complexity index is 1260. The molecule has 0 unspecified atom stereocenters. The molecule has 0 radical (unpaired) electrons. The van der Waals surface area contributed by atoms with Gasteiger partial charge >= 0.3 is 0 Å². The summed E-state index contributed by atoms with van der Waals surface area (Å²) in [4.78, 5) is 15.7. The van der Waals surface area contributed by atoms with Crippen LogP contribution in [0, 0.1) is 19.7 Å². The second kappa shape index (κ2) is 8.53. The van der Waals surface area contributed by atoms with E-state index in [1.807, 2.05) is 26.0 Å². The van der Waals surface area contributed by atoms with E-state index < -0.39 is 15.8 Å². The van der Waals surface area contributed by atoms with Crippen molar-refractivity contribution in [2.24, 2.45) is 0 Å². The van der Waals surface area contributed by atoms with Crippen molar-refractivity contribution in [2.75, 3.05) is 13.2 Å². The normalized spacial score (nSPS) is 17.0. The summed E-state index contributed by atoms with van der Waals surface area (Å²) in [6.45, 7) is 4.53. The average molecular weight is 445 g/mol. The van der Waals surface area contributed by atoms with E-state index in [0.717, 1.165) is 47.0 Å². The van der Waals surface area contributed by atoms with Crippen LogP contribution < -0.4 is 5.56 Å². The summed E-state index contributed by atoms with van der Waals surface area (Å²) in [7, 11) is -3.95. The molecule has 0 aliphatic carbocycles. The van der Waals surface area contributed by atoms with Crippen LogP contribution in [0.1, 0.15) is 29.5 Å². The summed E-state index contributed by atoms with van der Waals surface area (Å²) in [5.41, 5.74) is 2.82. The molecule has 0 saturated carbocycles. The van der Waals surface area contributed by atoms with Gasteiger partial charge in [0.25, 0.3) is 5.56 Å². The molecule has 1 N–H and O–H groups in total. The van der Waals surface area contributed by atoms with Gasteiger partial charge in [-0.05, 0) is 73.5 Å². The van der Waals surface area contributed by atoms with Crippen LogP contribution in [0.25, 0.3) is 10.9 Å². The van der Waals surface area contributed by atoms with E-state index in [4.69, 9.17) is 4.74 Å². The number of fused-ring (bicyclic) bond motifs is 1. The number of rotatable bonds is 6. The number of aromatic amines is 1. The number of H-pyrrole nitrogens is 1. The van der Waals surface area contributed by atoms with Gasteiger partial charge in [-0.15, -0.1) is 0 Å². The first-order valence-electron chi connectivity index (χ1n) is 10.2. The Morgan fingerprint density at radius 1 is 1.16 bits per heavy atom. The van der Waals surface area contributed by atoms with Crippen LogP contribution >= 0.6 is 0 Å². The Balaban J connectivity index is 1.74. The first-order chi connectivity index (χ1) is 14.8. The highest BCUT2D eigenvalue weighted by Crippen LogP contribution is 2.24. The van der Waals surface area contributed by atoms with Crippen molar-refractivity contribution in [3.8, 4) is 0 Å². The fourth-order valence-corrected chi connectivity index (χ4v) is 5.35. The number of halogens is 1. The Morgan fingerprint density at radius 3 is 2.58 bits per heavy atom. The third-order valence-electron chi connectivity index (χ3n) is 5.86. The SMILES string of the molecule is Cc1ccc2cc(CN(C[C@H]3CCCO3)S(=O)(=O)c3ccc(F)cc3)c(=O)[nH]c2c1C. The Labute approximate surface area is 180 Å². The van der Waals surface area contributed by atoms with Gasteiger partial charge < -0.3 is 9.72 Å². The standard InChI is InChI=1S/C23H25FN2O4S/c1-15-5-6-17-12-18(23(27)25-22(17)16(15)2)13-26(14-20-4-3-11-30-20)31(28,29)21-9-7-19(24)8-10-21/h5-10,12,20H,3-4,11,13-14H2,1-2H3,(H,25,27)/t20-/m1/s1. The van der Waals surface area contributed by atoms with Crippen LogP contribution in [-0.2, 0) is 21.3 Å². The van der Waals surface area contributed by atoms with E-state index in [-0.39, 0.29) is 29.6 Å². The lowest BCUT2D eigenvalue weighted by atomic mass is 10.0. The molecule has 2 aromatic carbocycles. The molecule has 6 nitrogen and oxygen atoms in total. The number of nitrogens with one attached hydrogen (secondary N) is 1. The lowest BCUT2D eigenvalue weighted by molar-refractivity contribution is 0.0925. The maximum absolute atomic E-state index is 13.3. The molecule has 8 heteroatoms. The maximum atomic E-state index is 13.3. The van der Waals surface area contributed by atoms with Gasteiger partial charge in [-0.1, -0.05) is 12.1 Å². The number of aromatic nitrogens is 1. The lowest BCUT2D eigenvalue weighted by Crippen LogP contribution is -2.38. The van der Waals surface area contributed by atoms with Gasteiger partial charge in [-0.3, -0.25) is 4.79 Å². The molecule has 1 aliphatic rings. The van der Waals surface area contributed by atoms with Crippen molar-refractivity contribution in [2.45, 2.75) is 44.2 Å². The van der Waals surface area contributed by atoms with Gasteiger partial charge in [-0.2, -0.15) is 4.31 Å². The molecule has 1 fully saturated rings. The number of hydrogen-bond donors (Lipinski definition) is 1. The van der Waals surface area contributed by atoms with Crippen LogP contribution in [0.15, 0.2) is 52.2 Å². The second-order valence-electron chi connectivity index (χ2n) is 7.98. The zero-order valence-corrected chi connectivity index (χ0v) is 18.3. The minimum atomic E-state index is -3.95. The molecule has 1 aromatic heterocycles. The fraction of sp³-hybridized carbons (Fsp3) is 0.348. The van der Waals surface area contributed by atoms with Crippen molar-refractivity contribution in [3.63, 3.8) is 0 Å². The summed E-state index contributed by atoms with van der Waals surface area (Å²) in [5.74, 6) is -0.513. The van der Waals surface area contributed by atoms with E-state index in [2.05, 4.69) is 4.98 Å². The van der Waals surface area contributed by atoms with Crippen LogP contribution in [0.3, 0.4) is 0 Å². The Morgan fingerprint density at radius 2 is 1.90 bits per heavy atom. The predicted octanol–water partition coefficient (Wildman–Crippen LogP) is 3.65. The van der Waals surface area contributed by atoms with Crippen molar-refractivity contribution in [1.29, 1.82) is 0 Å². The molecule has 0 bridgehead atoms. The monoisotopic (exact) mass is 444 g/mol. The van der Waals surface area contributed by atoms with Crippen LogP contribution in [0.2, 0.25) is 0 Å². The number of pyridine rings is 1. The highest BCUT2D eigenvalue weighted by molar-refractivity contribution is 7.89. The molecule has 1 saturated heterocycles. The largest absolute Gasteiger partial charge is 0.377 e. The van der Waals surface area contributed by atoms with Crippen molar-refractivity contribution >= 4 is 20.9 Å². The van der Waals surface area contributed by atoms with E-state index in [1.54, 1.807) is 6.07 Å². The number of ether oxygens (including phenoxy) is 1. The van der Waals surface area contributed by atoms with Gasteiger partial charge in [0.1, 0.15) is 5.82 Å². The quantitative estimate of drug-likeness (QED) is 0.629. The average Bonchev–Trinajstić information content (AvgIpc) is 3.25. The zero-order chi connectivity index (χ0) is 22.2. The highest BCUT2D eigenvalue weighted by atomic mass is 32.2. The molecule has 0 spiro atoms. The lowest BCUT2D eigenvalue weighted by Gasteiger charge is -2.25. The summed E-state index contributed by atoms with van der Waals surface area (Å²) >= 11 is 0. The maximum Gasteiger partial charge on any atom is 0.252 e. The third kappa shape index (κ3) is 4.42. The van der Waals surface area contributed by atoms with E-state index >= 15 is 0 Å². The summed E-state index contributed by atoms with van der Waals surface area (Å²) in [6.07, 6.45) is 1.38. The van der Waals surface area contributed by atoms with Gasteiger partial charge in [0.2, 0.25) is 10.0 Å². The first-order valence-corrected chi connectivity index (χ1v) is 11.7. The second-order valence-corrected chi connectivity index (χ2v) is 9.92. The summed E-state index contributed by atoms with van der Waals surface area (Å²) in [6, 6.07) is 10.3. The van der Waals surface area contributed by atoms with E-state index in [9.17, 15) is 17.6 Å². The number of benzene rings is 2.